The lowest BCUT2D eigenvalue weighted by atomic mass is 10.1. The van der Waals surface area contributed by atoms with Gasteiger partial charge < -0.3 is 10.2 Å². The molecule has 0 atom stereocenters. The number of hydrogen-bond acceptors (Lipinski definition) is 6. The zero-order chi connectivity index (χ0) is 21.2. The molecule has 0 radical (unpaired) electrons. The number of hydrogen-bond donors (Lipinski definition) is 1. The normalized spacial score (nSPS) is 14.7. The fraction of sp³-hybridized carbons (Fsp3) is 0.375. The molecule has 0 unspecified atom stereocenters. The van der Waals surface area contributed by atoms with E-state index in [-0.39, 0.29) is 0 Å². The van der Waals surface area contributed by atoms with Gasteiger partial charge in [-0.15, -0.1) is 11.3 Å². The summed E-state index contributed by atoms with van der Waals surface area (Å²) in [4.78, 5) is 12.9. The van der Waals surface area contributed by atoms with Crippen molar-refractivity contribution in [3.63, 3.8) is 0 Å². The third-order valence-electron chi connectivity index (χ3n) is 5.82. The Hall–Kier alpha value is -2.77. The highest BCUT2D eigenvalue weighted by molar-refractivity contribution is 7.17. The first-order chi connectivity index (χ1) is 15.2. The van der Waals surface area contributed by atoms with Gasteiger partial charge >= 0.3 is 0 Å². The Kier molecular flexibility index (Phi) is 5.70. The van der Waals surface area contributed by atoms with Gasteiger partial charge in [0.1, 0.15) is 16.5 Å². The van der Waals surface area contributed by atoms with Crippen LogP contribution < -0.4 is 5.32 Å². The van der Waals surface area contributed by atoms with Crippen LogP contribution in [0.15, 0.2) is 48.0 Å². The number of aromatic nitrogens is 4. The molecule has 1 N–H and O–H groups in total. The van der Waals surface area contributed by atoms with E-state index >= 15 is 0 Å². The molecule has 6 nitrogen and oxygen atoms in total. The summed E-state index contributed by atoms with van der Waals surface area (Å²) >= 11 is 1.68. The predicted octanol–water partition coefficient (Wildman–Crippen LogP) is 5.34. The summed E-state index contributed by atoms with van der Waals surface area (Å²) < 4.78 is 2.15. The van der Waals surface area contributed by atoms with Gasteiger partial charge in [0.25, 0.3) is 0 Å². The van der Waals surface area contributed by atoms with Crippen molar-refractivity contribution in [1.29, 1.82) is 0 Å². The molecule has 3 aromatic heterocycles. The zero-order valence-electron chi connectivity index (χ0n) is 18.1. The SMILES string of the molecule is CN(C)Cc1nc(NCc2ccn(C3CCCC3)n2)c2c(-c3ccccc3)csc2n1. The van der Waals surface area contributed by atoms with Gasteiger partial charge in [-0.05, 0) is 38.6 Å². The minimum Gasteiger partial charge on any atom is -0.364 e. The van der Waals surface area contributed by atoms with E-state index in [9.17, 15) is 0 Å². The lowest BCUT2D eigenvalue weighted by Crippen LogP contribution is -2.14. The molecular formula is C24H28N6S. The van der Waals surface area contributed by atoms with Crippen LogP contribution in [0, 0.1) is 0 Å². The molecule has 7 heteroatoms. The van der Waals surface area contributed by atoms with Gasteiger partial charge in [0, 0.05) is 17.1 Å². The van der Waals surface area contributed by atoms with Crippen molar-refractivity contribution >= 4 is 27.4 Å². The standard InChI is InChI=1S/C24H28N6S/c1-29(2)15-21-26-23(25-14-18-12-13-30(28-18)19-10-6-7-11-19)22-20(16-31-24(22)27-21)17-8-4-3-5-9-17/h3-5,8-9,12-13,16,19H,6-7,10-11,14-15H2,1-2H3,(H,25,26,27). The number of thiophene rings is 1. The smallest absolute Gasteiger partial charge is 0.146 e. The molecule has 1 saturated carbocycles. The van der Waals surface area contributed by atoms with E-state index in [0.717, 1.165) is 27.6 Å². The number of benzene rings is 1. The second-order valence-electron chi connectivity index (χ2n) is 8.50. The van der Waals surface area contributed by atoms with Gasteiger partial charge in [-0.25, -0.2) is 9.97 Å². The van der Waals surface area contributed by atoms with Crippen molar-refractivity contribution in [1.82, 2.24) is 24.6 Å². The van der Waals surface area contributed by atoms with Gasteiger partial charge in [-0.3, -0.25) is 4.68 Å². The van der Waals surface area contributed by atoms with Crippen LogP contribution in [-0.2, 0) is 13.1 Å². The van der Waals surface area contributed by atoms with Crippen LogP contribution in [0.4, 0.5) is 5.82 Å². The lowest BCUT2D eigenvalue weighted by Gasteiger charge is -2.13. The van der Waals surface area contributed by atoms with Gasteiger partial charge in [-0.2, -0.15) is 5.10 Å². The summed E-state index contributed by atoms with van der Waals surface area (Å²) in [5.41, 5.74) is 3.41. The molecule has 31 heavy (non-hydrogen) atoms. The molecule has 0 amide bonds. The summed E-state index contributed by atoms with van der Waals surface area (Å²) in [5.74, 6) is 1.72. The molecule has 1 aromatic carbocycles. The third-order valence-corrected chi connectivity index (χ3v) is 6.69. The first-order valence-electron chi connectivity index (χ1n) is 10.9. The molecule has 160 valence electrons. The second-order valence-corrected chi connectivity index (χ2v) is 9.36. The van der Waals surface area contributed by atoms with Crippen LogP contribution >= 0.6 is 11.3 Å². The van der Waals surface area contributed by atoms with E-state index in [2.05, 4.69) is 56.8 Å². The highest BCUT2D eigenvalue weighted by Gasteiger charge is 2.19. The highest BCUT2D eigenvalue weighted by atomic mass is 32.1. The van der Waals surface area contributed by atoms with Crippen LogP contribution in [0.2, 0.25) is 0 Å². The molecule has 1 aliphatic carbocycles. The van der Waals surface area contributed by atoms with E-state index < -0.39 is 0 Å². The average molecular weight is 433 g/mol. The van der Waals surface area contributed by atoms with Crippen molar-refractivity contribution in [3.8, 4) is 11.1 Å². The first-order valence-corrected chi connectivity index (χ1v) is 11.8. The van der Waals surface area contributed by atoms with Gasteiger partial charge in [-0.1, -0.05) is 43.2 Å². The summed E-state index contributed by atoms with van der Waals surface area (Å²) in [6.07, 6.45) is 7.23. The van der Waals surface area contributed by atoms with Crippen molar-refractivity contribution in [2.45, 2.75) is 44.8 Å². The number of fused-ring (bicyclic) bond motifs is 1. The van der Waals surface area contributed by atoms with E-state index in [4.69, 9.17) is 15.1 Å². The van der Waals surface area contributed by atoms with Crippen molar-refractivity contribution in [3.05, 3.63) is 59.5 Å². The Labute approximate surface area is 187 Å². The average Bonchev–Trinajstić information content (AvgIpc) is 3.52. The quantitative estimate of drug-likeness (QED) is 0.427. The Morgan fingerprint density at radius 2 is 1.90 bits per heavy atom. The third kappa shape index (κ3) is 4.34. The number of anilines is 1. The van der Waals surface area contributed by atoms with Crippen molar-refractivity contribution in [2.75, 3.05) is 19.4 Å². The Bertz CT molecular complexity index is 1160. The van der Waals surface area contributed by atoms with Crippen LogP contribution in [0.5, 0.6) is 0 Å². The molecule has 0 aliphatic heterocycles. The van der Waals surface area contributed by atoms with Crippen LogP contribution in [0.1, 0.15) is 43.2 Å². The number of nitrogens with one attached hydrogen (secondary N) is 1. The maximum Gasteiger partial charge on any atom is 0.146 e. The molecular weight excluding hydrogens is 404 g/mol. The largest absolute Gasteiger partial charge is 0.364 e. The van der Waals surface area contributed by atoms with E-state index in [0.29, 0.717) is 19.1 Å². The fourth-order valence-electron chi connectivity index (χ4n) is 4.32. The van der Waals surface area contributed by atoms with Crippen LogP contribution in [0.25, 0.3) is 21.3 Å². The first kappa shape index (κ1) is 20.2. The van der Waals surface area contributed by atoms with Crippen molar-refractivity contribution in [2.24, 2.45) is 0 Å². The minimum atomic E-state index is 0.563. The Morgan fingerprint density at radius 1 is 1.10 bits per heavy atom. The molecule has 0 saturated heterocycles. The zero-order valence-corrected chi connectivity index (χ0v) is 18.9. The number of nitrogens with zero attached hydrogens (tertiary/aromatic N) is 5. The monoisotopic (exact) mass is 432 g/mol. The molecule has 1 fully saturated rings. The predicted molar refractivity (Wildman–Crippen MR) is 127 cm³/mol. The summed E-state index contributed by atoms with van der Waals surface area (Å²) in [5, 5.41) is 11.7. The second kappa shape index (κ2) is 8.77. The molecule has 0 bridgehead atoms. The van der Waals surface area contributed by atoms with E-state index in [1.165, 1.54) is 36.8 Å². The minimum absolute atomic E-state index is 0.563. The van der Waals surface area contributed by atoms with Gasteiger partial charge in [0.05, 0.1) is 30.2 Å². The van der Waals surface area contributed by atoms with Crippen LogP contribution in [0.3, 0.4) is 0 Å². The van der Waals surface area contributed by atoms with Crippen LogP contribution in [-0.4, -0.2) is 38.7 Å². The number of rotatable bonds is 7. The molecule has 3 heterocycles. The fourth-order valence-corrected chi connectivity index (χ4v) is 5.28. The maximum absolute atomic E-state index is 4.91. The summed E-state index contributed by atoms with van der Waals surface area (Å²) in [7, 11) is 4.08. The van der Waals surface area contributed by atoms with Crippen molar-refractivity contribution < 1.29 is 0 Å². The van der Waals surface area contributed by atoms with Gasteiger partial charge in [0.15, 0.2) is 0 Å². The molecule has 4 aromatic rings. The molecule has 0 spiro atoms. The Morgan fingerprint density at radius 3 is 2.68 bits per heavy atom. The topological polar surface area (TPSA) is 58.9 Å². The van der Waals surface area contributed by atoms with E-state index in [1.807, 2.05) is 20.2 Å². The van der Waals surface area contributed by atoms with Gasteiger partial charge in [0.2, 0.25) is 0 Å². The highest BCUT2D eigenvalue weighted by Crippen LogP contribution is 2.37. The van der Waals surface area contributed by atoms with E-state index in [1.54, 1.807) is 11.3 Å². The Balaban J connectivity index is 1.47. The molecule has 1 aliphatic rings. The lowest BCUT2D eigenvalue weighted by molar-refractivity contribution is 0.391. The molecule has 5 rings (SSSR count). The summed E-state index contributed by atoms with van der Waals surface area (Å²) in [6.45, 7) is 1.36. The maximum atomic E-state index is 4.91. The summed E-state index contributed by atoms with van der Waals surface area (Å²) in [6, 6.07) is 13.2.